The molecule has 0 amide bonds. The van der Waals surface area contributed by atoms with Crippen molar-refractivity contribution in [2.24, 2.45) is 0 Å². The van der Waals surface area contributed by atoms with Gasteiger partial charge in [-0.2, -0.15) is 0 Å². The Hall–Kier alpha value is -2.71. The second-order valence-corrected chi connectivity index (χ2v) is 8.27. The first-order valence-corrected chi connectivity index (χ1v) is 10.4. The van der Waals surface area contributed by atoms with Crippen molar-refractivity contribution in [1.82, 2.24) is 9.97 Å². The Labute approximate surface area is 170 Å². The number of nitrogens with zero attached hydrogens (tertiary/aromatic N) is 2. The van der Waals surface area contributed by atoms with E-state index in [9.17, 15) is 4.79 Å². The maximum atomic E-state index is 12.6. The molecule has 3 aromatic heterocycles. The van der Waals surface area contributed by atoms with Gasteiger partial charge in [0.25, 0.3) is 0 Å². The first kappa shape index (κ1) is 18.6. The molecule has 0 radical (unpaired) electrons. The fourth-order valence-electron chi connectivity index (χ4n) is 3.15. The summed E-state index contributed by atoms with van der Waals surface area (Å²) in [5.41, 5.74) is 3.45. The molecule has 4 rings (SSSR count). The number of pyridine rings is 1. The topological polar surface area (TPSA) is 73.3 Å². The Morgan fingerprint density at radius 2 is 2.04 bits per heavy atom. The molecule has 1 aromatic carbocycles. The summed E-state index contributed by atoms with van der Waals surface area (Å²) in [4.78, 5) is 23.2. The van der Waals surface area contributed by atoms with Gasteiger partial charge in [-0.3, -0.25) is 0 Å². The number of esters is 1. The van der Waals surface area contributed by atoms with Crippen LogP contribution in [0.5, 0.6) is 5.75 Å². The third kappa shape index (κ3) is 3.18. The van der Waals surface area contributed by atoms with Gasteiger partial charge in [0.1, 0.15) is 21.0 Å². The Morgan fingerprint density at radius 1 is 1.21 bits per heavy atom. The molecule has 1 N–H and O–H groups in total. The molecule has 0 fully saturated rings. The monoisotopic (exact) mass is 413 g/mol. The van der Waals surface area contributed by atoms with E-state index >= 15 is 0 Å². The van der Waals surface area contributed by atoms with E-state index in [1.807, 2.05) is 38.1 Å². The quantitative estimate of drug-likeness (QED) is 0.439. The van der Waals surface area contributed by atoms with Gasteiger partial charge >= 0.3 is 5.97 Å². The summed E-state index contributed by atoms with van der Waals surface area (Å²) >= 11 is 2.84. The molecule has 0 saturated heterocycles. The van der Waals surface area contributed by atoms with E-state index in [1.165, 1.54) is 22.7 Å². The highest BCUT2D eigenvalue weighted by Gasteiger charge is 2.23. The van der Waals surface area contributed by atoms with Crippen LogP contribution in [-0.4, -0.2) is 29.7 Å². The van der Waals surface area contributed by atoms with Crippen LogP contribution in [0.25, 0.3) is 20.4 Å². The van der Waals surface area contributed by atoms with Crippen molar-refractivity contribution >= 4 is 59.9 Å². The molecular weight excluding hydrogens is 394 g/mol. The number of thiophene rings is 1. The number of para-hydroxylation sites is 1. The normalized spacial score (nSPS) is 11.1. The molecule has 0 aliphatic heterocycles. The Balaban J connectivity index is 1.87. The standard InChI is InChI=1S/C20H19N3O3S2/c1-5-26-19(24)17-16(14-10(2)9-11(3)21-18(14)28-17)23-20-22-15-12(25-4)7-6-8-13(15)27-20/h6-9H,5H2,1-4H3,(H,22,23). The molecule has 0 bridgehead atoms. The molecule has 0 aliphatic rings. The molecule has 0 saturated carbocycles. The third-order valence-electron chi connectivity index (χ3n) is 4.28. The number of thiazole rings is 1. The van der Waals surface area contributed by atoms with Crippen LogP contribution in [0.1, 0.15) is 27.9 Å². The van der Waals surface area contributed by atoms with Crippen molar-refractivity contribution in [1.29, 1.82) is 0 Å². The van der Waals surface area contributed by atoms with Crippen molar-refractivity contribution in [3.8, 4) is 5.75 Å². The lowest BCUT2D eigenvalue weighted by Crippen LogP contribution is -2.05. The van der Waals surface area contributed by atoms with E-state index in [0.29, 0.717) is 22.3 Å². The van der Waals surface area contributed by atoms with Crippen molar-refractivity contribution in [2.45, 2.75) is 20.8 Å². The average Bonchev–Trinajstić information content (AvgIpc) is 3.23. The highest BCUT2D eigenvalue weighted by Crippen LogP contribution is 2.41. The first-order valence-electron chi connectivity index (χ1n) is 8.80. The number of anilines is 2. The highest BCUT2D eigenvalue weighted by atomic mass is 32.1. The van der Waals surface area contributed by atoms with Gasteiger partial charge in [0.15, 0.2) is 5.13 Å². The molecule has 28 heavy (non-hydrogen) atoms. The minimum absolute atomic E-state index is 0.316. The zero-order chi connectivity index (χ0) is 19.8. The van der Waals surface area contributed by atoms with Crippen LogP contribution >= 0.6 is 22.7 Å². The number of hydrogen-bond donors (Lipinski definition) is 1. The van der Waals surface area contributed by atoms with Gasteiger partial charge in [0.05, 0.1) is 24.1 Å². The van der Waals surface area contributed by atoms with Gasteiger partial charge in [0.2, 0.25) is 0 Å². The number of nitrogens with one attached hydrogen (secondary N) is 1. The van der Waals surface area contributed by atoms with E-state index < -0.39 is 0 Å². The van der Waals surface area contributed by atoms with E-state index in [-0.39, 0.29) is 5.97 Å². The SMILES string of the molecule is CCOC(=O)c1sc2nc(C)cc(C)c2c1Nc1nc2c(OC)cccc2s1. The number of hydrogen-bond acceptors (Lipinski definition) is 8. The Morgan fingerprint density at radius 3 is 2.79 bits per heavy atom. The van der Waals surface area contributed by atoms with Crippen molar-refractivity contribution < 1.29 is 14.3 Å². The molecule has 0 spiro atoms. The summed E-state index contributed by atoms with van der Waals surface area (Å²) in [7, 11) is 1.63. The van der Waals surface area contributed by atoms with Crippen LogP contribution in [0.15, 0.2) is 24.3 Å². The van der Waals surface area contributed by atoms with E-state index in [0.717, 1.165) is 37.4 Å². The van der Waals surface area contributed by atoms with Gasteiger partial charge in [-0.05, 0) is 44.5 Å². The lowest BCUT2D eigenvalue weighted by atomic mass is 10.1. The number of rotatable bonds is 5. The van der Waals surface area contributed by atoms with Gasteiger partial charge in [-0.1, -0.05) is 17.4 Å². The summed E-state index contributed by atoms with van der Waals surface area (Å²) in [6, 6.07) is 7.82. The lowest BCUT2D eigenvalue weighted by molar-refractivity contribution is 0.0533. The van der Waals surface area contributed by atoms with Crippen LogP contribution in [0, 0.1) is 13.8 Å². The van der Waals surface area contributed by atoms with Crippen LogP contribution < -0.4 is 10.1 Å². The number of fused-ring (bicyclic) bond motifs is 2. The summed E-state index contributed by atoms with van der Waals surface area (Å²) < 4.78 is 11.7. The summed E-state index contributed by atoms with van der Waals surface area (Å²) in [6.07, 6.45) is 0. The predicted octanol–water partition coefficient (Wildman–Crippen LogP) is 5.45. The molecule has 0 atom stereocenters. The summed E-state index contributed by atoms with van der Waals surface area (Å²) in [6.45, 7) is 6.08. The molecule has 3 heterocycles. The maximum Gasteiger partial charge on any atom is 0.350 e. The fraction of sp³-hybridized carbons (Fsp3) is 0.250. The van der Waals surface area contributed by atoms with Crippen molar-refractivity contribution in [2.75, 3.05) is 19.0 Å². The van der Waals surface area contributed by atoms with Crippen LogP contribution in [0.2, 0.25) is 0 Å². The van der Waals surface area contributed by atoms with Crippen LogP contribution in [0.3, 0.4) is 0 Å². The highest BCUT2D eigenvalue weighted by molar-refractivity contribution is 7.23. The minimum Gasteiger partial charge on any atom is -0.494 e. The maximum absolute atomic E-state index is 12.6. The summed E-state index contributed by atoms with van der Waals surface area (Å²) in [5.74, 6) is 0.361. The molecule has 144 valence electrons. The van der Waals surface area contributed by atoms with Crippen LogP contribution in [0.4, 0.5) is 10.8 Å². The number of methoxy groups -OCH3 is 1. The zero-order valence-electron chi connectivity index (χ0n) is 16.0. The second kappa shape index (κ2) is 7.37. The fourth-order valence-corrected chi connectivity index (χ4v) is 5.18. The predicted molar refractivity (Wildman–Crippen MR) is 115 cm³/mol. The Kier molecular flexibility index (Phi) is 4.91. The van der Waals surface area contributed by atoms with Gasteiger partial charge in [-0.15, -0.1) is 11.3 Å². The van der Waals surface area contributed by atoms with Crippen LogP contribution in [-0.2, 0) is 4.74 Å². The lowest BCUT2D eigenvalue weighted by Gasteiger charge is -2.07. The largest absolute Gasteiger partial charge is 0.494 e. The third-order valence-corrected chi connectivity index (χ3v) is 6.28. The number of aryl methyl sites for hydroxylation is 2. The number of ether oxygens (including phenoxy) is 2. The first-order chi connectivity index (χ1) is 13.5. The van der Waals surface area contributed by atoms with Crippen molar-refractivity contribution in [3.63, 3.8) is 0 Å². The number of carbonyl (C=O) groups excluding carboxylic acids is 1. The van der Waals surface area contributed by atoms with Gasteiger partial charge < -0.3 is 14.8 Å². The molecule has 0 unspecified atom stereocenters. The molecule has 6 nitrogen and oxygen atoms in total. The van der Waals surface area contributed by atoms with E-state index in [1.54, 1.807) is 14.0 Å². The number of carbonyl (C=O) groups is 1. The summed E-state index contributed by atoms with van der Waals surface area (Å²) in [5, 5.41) is 4.96. The molecule has 0 aliphatic carbocycles. The second-order valence-electron chi connectivity index (χ2n) is 6.24. The molecule has 8 heteroatoms. The zero-order valence-corrected chi connectivity index (χ0v) is 17.6. The van der Waals surface area contributed by atoms with Crippen molar-refractivity contribution in [3.05, 3.63) is 40.4 Å². The van der Waals surface area contributed by atoms with Gasteiger partial charge in [-0.25, -0.2) is 14.8 Å². The Bertz CT molecular complexity index is 1200. The smallest absolute Gasteiger partial charge is 0.350 e. The van der Waals surface area contributed by atoms with E-state index in [2.05, 4.69) is 15.3 Å². The average molecular weight is 414 g/mol. The number of benzene rings is 1. The molecule has 4 aromatic rings. The number of aromatic nitrogens is 2. The molecular formula is C20H19N3O3S2. The minimum atomic E-state index is -0.358. The van der Waals surface area contributed by atoms with E-state index in [4.69, 9.17) is 9.47 Å². The van der Waals surface area contributed by atoms with Gasteiger partial charge in [0, 0.05) is 11.1 Å².